The number of hydrogen-bond acceptors (Lipinski definition) is 5. The topological polar surface area (TPSA) is 75.1 Å². The largest absolute Gasteiger partial charge is 0.382 e. The molecular formula is C20H28N6O. The van der Waals surface area contributed by atoms with E-state index >= 15 is 0 Å². The van der Waals surface area contributed by atoms with E-state index in [9.17, 15) is 4.79 Å². The van der Waals surface area contributed by atoms with E-state index in [1.54, 1.807) is 0 Å². The molecule has 4 rings (SSSR count). The highest BCUT2D eigenvalue weighted by atomic mass is 16.2. The lowest BCUT2D eigenvalue weighted by Gasteiger charge is -2.32. The standard InChI is InChI=1S/C20H28N6O/c1-15-3-2-4-17(13-15)22-16-7-11-25(12-8-16)20(27)19-14-26(24-23-19)18-5-9-21-10-6-18/h2-4,13-14,16,18,21-22H,5-12H2,1H3. The van der Waals surface area contributed by atoms with Crippen LogP contribution in [0.4, 0.5) is 5.69 Å². The van der Waals surface area contributed by atoms with Crippen molar-refractivity contribution in [3.8, 4) is 0 Å². The molecule has 2 aromatic rings. The number of aromatic nitrogens is 3. The smallest absolute Gasteiger partial charge is 0.276 e. The molecule has 3 heterocycles. The summed E-state index contributed by atoms with van der Waals surface area (Å²) in [6, 6.07) is 9.19. The van der Waals surface area contributed by atoms with E-state index in [-0.39, 0.29) is 5.91 Å². The van der Waals surface area contributed by atoms with Gasteiger partial charge in [-0.2, -0.15) is 0 Å². The summed E-state index contributed by atoms with van der Waals surface area (Å²) in [5.74, 6) is 0.00388. The minimum Gasteiger partial charge on any atom is -0.382 e. The van der Waals surface area contributed by atoms with Gasteiger partial charge in [-0.15, -0.1) is 5.10 Å². The quantitative estimate of drug-likeness (QED) is 0.866. The fourth-order valence-electron chi connectivity index (χ4n) is 3.98. The predicted molar refractivity (Wildman–Crippen MR) is 105 cm³/mol. The zero-order valence-electron chi connectivity index (χ0n) is 15.9. The van der Waals surface area contributed by atoms with Crippen molar-refractivity contribution in [1.82, 2.24) is 25.2 Å². The minimum atomic E-state index is 0.00388. The first kappa shape index (κ1) is 18.0. The van der Waals surface area contributed by atoms with E-state index in [1.807, 2.05) is 15.8 Å². The summed E-state index contributed by atoms with van der Waals surface area (Å²) in [6.45, 7) is 5.60. The molecule has 0 aliphatic carbocycles. The van der Waals surface area contributed by atoms with Crippen molar-refractivity contribution in [2.75, 3.05) is 31.5 Å². The van der Waals surface area contributed by atoms with Gasteiger partial charge in [0.15, 0.2) is 5.69 Å². The third-order valence-corrected chi connectivity index (χ3v) is 5.58. The summed E-state index contributed by atoms with van der Waals surface area (Å²) >= 11 is 0. The van der Waals surface area contributed by atoms with Gasteiger partial charge in [0.1, 0.15) is 0 Å². The molecule has 0 unspecified atom stereocenters. The van der Waals surface area contributed by atoms with Crippen molar-refractivity contribution >= 4 is 11.6 Å². The number of aryl methyl sites for hydroxylation is 1. The SMILES string of the molecule is Cc1cccc(NC2CCN(C(=O)c3cn(C4CCNCC4)nn3)CC2)c1. The Morgan fingerprint density at radius 1 is 1.19 bits per heavy atom. The number of hydrogen-bond donors (Lipinski definition) is 2. The highest BCUT2D eigenvalue weighted by molar-refractivity contribution is 5.92. The van der Waals surface area contributed by atoms with Gasteiger partial charge in [-0.05, 0) is 63.4 Å². The van der Waals surface area contributed by atoms with Crippen molar-refractivity contribution in [3.63, 3.8) is 0 Å². The summed E-state index contributed by atoms with van der Waals surface area (Å²) in [5, 5.41) is 15.3. The molecule has 2 aliphatic heterocycles. The summed E-state index contributed by atoms with van der Waals surface area (Å²) < 4.78 is 1.88. The van der Waals surface area contributed by atoms with Crippen LogP contribution in [0.3, 0.4) is 0 Å². The van der Waals surface area contributed by atoms with Crippen LogP contribution in [0.1, 0.15) is 47.8 Å². The molecular weight excluding hydrogens is 340 g/mol. The summed E-state index contributed by atoms with van der Waals surface area (Å²) in [6.07, 6.45) is 5.79. The molecule has 7 heteroatoms. The molecule has 0 spiro atoms. The van der Waals surface area contributed by atoms with Crippen molar-refractivity contribution in [2.24, 2.45) is 0 Å². The van der Waals surface area contributed by atoms with Crippen LogP contribution in [0.25, 0.3) is 0 Å². The molecule has 2 N–H and O–H groups in total. The Bertz CT molecular complexity index is 774. The molecule has 0 saturated carbocycles. The number of amides is 1. The van der Waals surface area contributed by atoms with Gasteiger partial charge >= 0.3 is 0 Å². The van der Waals surface area contributed by atoms with Crippen LogP contribution < -0.4 is 10.6 Å². The fraction of sp³-hybridized carbons (Fsp3) is 0.550. The van der Waals surface area contributed by atoms with Gasteiger partial charge in [0.05, 0.1) is 12.2 Å². The van der Waals surface area contributed by atoms with Crippen LogP contribution in [0.15, 0.2) is 30.5 Å². The molecule has 7 nitrogen and oxygen atoms in total. The van der Waals surface area contributed by atoms with Crippen molar-refractivity contribution in [1.29, 1.82) is 0 Å². The number of benzene rings is 1. The number of carbonyl (C=O) groups excluding carboxylic acids is 1. The molecule has 27 heavy (non-hydrogen) atoms. The number of nitrogens with zero attached hydrogens (tertiary/aromatic N) is 4. The van der Waals surface area contributed by atoms with Gasteiger partial charge in [0, 0.05) is 24.8 Å². The second kappa shape index (κ2) is 8.08. The van der Waals surface area contributed by atoms with E-state index in [0.29, 0.717) is 17.8 Å². The lowest BCUT2D eigenvalue weighted by atomic mass is 10.0. The molecule has 2 aliphatic rings. The average molecular weight is 368 g/mol. The minimum absolute atomic E-state index is 0.00388. The third-order valence-electron chi connectivity index (χ3n) is 5.58. The molecule has 0 atom stereocenters. The normalized spacial score (nSPS) is 19.2. The molecule has 1 aromatic carbocycles. The third kappa shape index (κ3) is 4.30. The van der Waals surface area contributed by atoms with Gasteiger partial charge < -0.3 is 15.5 Å². The van der Waals surface area contributed by atoms with Crippen molar-refractivity contribution < 1.29 is 4.79 Å². The highest BCUT2D eigenvalue weighted by Gasteiger charge is 2.26. The van der Waals surface area contributed by atoms with Crippen LogP contribution in [-0.4, -0.2) is 58.0 Å². The Hall–Kier alpha value is -2.41. The summed E-state index contributed by atoms with van der Waals surface area (Å²) in [7, 11) is 0. The van der Waals surface area contributed by atoms with Crippen molar-refractivity contribution in [2.45, 2.75) is 44.7 Å². The maximum Gasteiger partial charge on any atom is 0.276 e. The van der Waals surface area contributed by atoms with Gasteiger partial charge in [-0.25, -0.2) is 4.68 Å². The van der Waals surface area contributed by atoms with E-state index in [0.717, 1.165) is 57.5 Å². The van der Waals surface area contributed by atoms with E-state index in [2.05, 4.69) is 52.1 Å². The number of anilines is 1. The zero-order chi connectivity index (χ0) is 18.6. The first-order valence-electron chi connectivity index (χ1n) is 9.94. The van der Waals surface area contributed by atoms with Gasteiger partial charge in [0.2, 0.25) is 0 Å². The molecule has 0 bridgehead atoms. The number of nitrogens with one attached hydrogen (secondary N) is 2. The maximum absolute atomic E-state index is 12.8. The van der Waals surface area contributed by atoms with Crippen LogP contribution in [0.2, 0.25) is 0 Å². The Morgan fingerprint density at radius 2 is 1.96 bits per heavy atom. The van der Waals surface area contributed by atoms with E-state index in [1.165, 1.54) is 5.56 Å². The lowest BCUT2D eigenvalue weighted by molar-refractivity contribution is 0.0712. The maximum atomic E-state index is 12.8. The van der Waals surface area contributed by atoms with Crippen LogP contribution in [-0.2, 0) is 0 Å². The second-order valence-corrected chi connectivity index (χ2v) is 7.65. The monoisotopic (exact) mass is 368 g/mol. The van der Waals surface area contributed by atoms with Crippen molar-refractivity contribution in [3.05, 3.63) is 41.7 Å². The van der Waals surface area contributed by atoms with Crippen LogP contribution in [0.5, 0.6) is 0 Å². The van der Waals surface area contributed by atoms with E-state index in [4.69, 9.17) is 0 Å². The number of carbonyl (C=O) groups is 1. The van der Waals surface area contributed by atoms with E-state index < -0.39 is 0 Å². The van der Waals surface area contributed by atoms with Gasteiger partial charge in [-0.3, -0.25) is 4.79 Å². The predicted octanol–water partition coefficient (Wildman–Crippen LogP) is 2.23. The van der Waals surface area contributed by atoms with Crippen LogP contribution >= 0.6 is 0 Å². The Labute approximate surface area is 160 Å². The first-order valence-corrected chi connectivity index (χ1v) is 9.94. The van der Waals surface area contributed by atoms with Crippen LogP contribution in [0, 0.1) is 6.92 Å². The molecule has 0 radical (unpaired) electrons. The second-order valence-electron chi connectivity index (χ2n) is 7.65. The lowest BCUT2D eigenvalue weighted by Crippen LogP contribution is -2.42. The average Bonchev–Trinajstić information content (AvgIpc) is 3.19. The summed E-state index contributed by atoms with van der Waals surface area (Å²) in [4.78, 5) is 14.7. The Balaban J connectivity index is 1.31. The van der Waals surface area contributed by atoms with Gasteiger partial charge in [0.25, 0.3) is 5.91 Å². The molecule has 1 aromatic heterocycles. The first-order chi connectivity index (χ1) is 13.2. The molecule has 1 amide bonds. The zero-order valence-corrected chi connectivity index (χ0v) is 15.9. The number of likely N-dealkylation sites (tertiary alicyclic amines) is 1. The Kier molecular flexibility index (Phi) is 5.38. The highest BCUT2D eigenvalue weighted by Crippen LogP contribution is 2.20. The molecule has 2 saturated heterocycles. The summed E-state index contributed by atoms with van der Waals surface area (Å²) in [5.41, 5.74) is 2.88. The number of rotatable bonds is 4. The Morgan fingerprint density at radius 3 is 2.70 bits per heavy atom. The van der Waals surface area contributed by atoms with Gasteiger partial charge in [-0.1, -0.05) is 17.3 Å². The molecule has 144 valence electrons. The number of piperidine rings is 2. The molecule has 2 fully saturated rings. The fourth-order valence-corrected chi connectivity index (χ4v) is 3.98.